The normalized spacial score (nSPS) is 23.4. The minimum atomic E-state index is -0.902. The molecule has 5 heteroatoms. The lowest BCUT2D eigenvalue weighted by molar-refractivity contribution is 0.0919. The van der Waals surface area contributed by atoms with E-state index in [2.05, 4.69) is 10.3 Å². The lowest BCUT2D eigenvalue weighted by atomic mass is 10.1. The summed E-state index contributed by atoms with van der Waals surface area (Å²) < 4.78 is 14.4. The van der Waals surface area contributed by atoms with Gasteiger partial charge >= 0.3 is 0 Å². The Morgan fingerprint density at radius 1 is 1.44 bits per heavy atom. The maximum absolute atomic E-state index is 13.4. The smallest absolute Gasteiger partial charge is 0.251 e. The molecule has 1 fully saturated rings. The third-order valence-corrected chi connectivity index (χ3v) is 4.13. The van der Waals surface area contributed by atoms with Crippen molar-refractivity contribution in [2.45, 2.75) is 31.5 Å². The maximum atomic E-state index is 13.4. The monoisotopic (exact) mass is 264 g/mol. The third kappa shape index (κ3) is 2.10. The summed E-state index contributed by atoms with van der Waals surface area (Å²) in [5, 5.41) is 2.77. The molecule has 0 radical (unpaired) electrons. The molecule has 18 heavy (non-hydrogen) atoms. The minimum absolute atomic E-state index is 0.195. The molecule has 1 aliphatic carbocycles. The van der Waals surface area contributed by atoms with Crippen molar-refractivity contribution in [1.29, 1.82) is 0 Å². The highest BCUT2D eigenvalue weighted by Crippen LogP contribution is 2.23. The quantitative estimate of drug-likeness (QED) is 0.906. The summed E-state index contributed by atoms with van der Waals surface area (Å²) in [6.45, 7) is 0. The zero-order valence-electron chi connectivity index (χ0n) is 9.73. The van der Waals surface area contributed by atoms with Crippen LogP contribution < -0.4 is 5.32 Å². The van der Waals surface area contributed by atoms with Gasteiger partial charge in [0.1, 0.15) is 6.17 Å². The number of nitrogens with one attached hydrogen (secondary N) is 1. The largest absolute Gasteiger partial charge is 0.346 e. The first-order valence-electron chi connectivity index (χ1n) is 6.02. The molecule has 2 unspecified atom stereocenters. The highest BCUT2D eigenvalue weighted by atomic mass is 32.1. The van der Waals surface area contributed by atoms with Crippen LogP contribution in [0.5, 0.6) is 0 Å². The summed E-state index contributed by atoms with van der Waals surface area (Å²) in [6, 6.07) is 5.04. The molecule has 3 rings (SSSR count). The third-order valence-electron chi connectivity index (χ3n) is 3.34. The zero-order valence-corrected chi connectivity index (χ0v) is 10.5. The number of rotatable bonds is 2. The van der Waals surface area contributed by atoms with E-state index >= 15 is 0 Å². The lowest BCUT2D eigenvalue weighted by Gasteiger charge is -2.14. The Balaban J connectivity index is 1.78. The van der Waals surface area contributed by atoms with Crippen LogP contribution in [0.3, 0.4) is 0 Å². The van der Waals surface area contributed by atoms with E-state index in [4.69, 9.17) is 0 Å². The fourth-order valence-corrected chi connectivity index (χ4v) is 3.04. The van der Waals surface area contributed by atoms with Gasteiger partial charge in [0.2, 0.25) is 0 Å². The van der Waals surface area contributed by atoms with Crippen LogP contribution in [0.25, 0.3) is 10.2 Å². The van der Waals surface area contributed by atoms with Gasteiger partial charge in [-0.2, -0.15) is 0 Å². The van der Waals surface area contributed by atoms with Crippen molar-refractivity contribution < 1.29 is 9.18 Å². The Labute approximate surface area is 108 Å². The van der Waals surface area contributed by atoms with Gasteiger partial charge in [0.15, 0.2) is 0 Å². The van der Waals surface area contributed by atoms with Crippen molar-refractivity contribution >= 4 is 27.5 Å². The molecular weight excluding hydrogens is 251 g/mol. The molecule has 0 saturated heterocycles. The molecule has 1 heterocycles. The lowest BCUT2D eigenvalue weighted by Crippen LogP contribution is -2.38. The molecular formula is C13H13FN2OS. The van der Waals surface area contributed by atoms with Crippen molar-refractivity contribution in [3.05, 3.63) is 29.3 Å². The summed E-state index contributed by atoms with van der Waals surface area (Å²) in [4.78, 5) is 16.2. The standard InChI is InChI=1S/C13H13FN2OS/c14-9-2-1-3-10(9)16-13(17)8-4-5-11-12(6-8)18-7-15-11/h4-7,9-10H,1-3H2,(H,16,17). The van der Waals surface area contributed by atoms with Gasteiger partial charge in [0.05, 0.1) is 21.8 Å². The molecule has 2 aromatic rings. The predicted octanol–water partition coefficient (Wildman–Crippen LogP) is 2.92. The molecule has 0 aliphatic heterocycles. The van der Waals surface area contributed by atoms with Crippen LogP contribution in [-0.2, 0) is 0 Å². The van der Waals surface area contributed by atoms with Gasteiger partial charge in [-0.1, -0.05) is 0 Å². The molecule has 0 bridgehead atoms. The maximum Gasteiger partial charge on any atom is 0.251 e. The number of carbonyl (C=O) groups is 1. The first-order chi connectivity index (χ1) is 8.74. The zero-order chi connectivity index (χ0) is 12.5. The Morgan fingerprint density at radius 2 is 2.33 bits per heavy atom. The van der Waals surface area contributed by atoms with Gasteiger partial charge < -0.3 is 5.32 Å². The average Bonchev–Trinajstić information content (AvgIpc) is 2.98. The Morgan fingerprint density at radius 3 is 3.11 bits per heavy atom. The van der Waals surface area contributed by atoms with Gasteiger partial charge in [-0.25, -0.2) is 9.37 Å². The van der Waals surface area contributed by atoms with E-state index in [1.807, 2.05) is 12.1 Å². The fourth-order valence-electron chi connectivity index (χ4n) is 2.33. The number of nitrogens with zero attached hydrogens (tertiary/aromatic N) is 1. The fraction of sp³-hybridized carbons (Fsp3) is 0.385. The van der Waals surface area contributed by atoms with Gasteiger partial charge in [0.25, 0.3) is 5.91 Å². The van der Waals surface area contributed by atoms with Crippen molar-refractivity contribution in [2.75, 3.05) is 0 Å². The van der Waals surface area contributed by atoms with Crippen molar-refractivity contribution in [2.24, 2.45) is 0 Å². The number of aromatic nitrogens is 1. The van der Waals surface area contributed by atoms with Gasteiger partial charge in [-0.15, -0.1) is 11.3 Å². The summed E-state index contributed by atoms with van der Waals surface area (Å²) in [5.41, 5.74) is 3.22. The second kappa shape index (κ2) is 4.65. The Bertz CT molecular complexity index is 583. The van der Waals surface area contributed by atoms with Crippen LogP contribution in [0.2, 0.25) is 0 Å². The highest BCUT2D eigenvalue weighted by molar-refractivity contribution is 7.16. The number of hydrogen-bond donors (Lipinski definition) is 1. The molecule has 94 valence electrons. The van der Waals surface area contributed by atoms with Crippen LogP contribution in [0.15, 0.2) is 23.7 Å². The molecule has 1 aromatic heterocycles. The summed E-state index contributed by atoms with van der Waals surface area (Å²) >= 11 is 1.50. The van der Waals surface area contributed by atoms with Gasteiger partial charge in [0, 0.05) is 5.56 Å². The second-order valence-electron chi connectivity index (χ2n) is 4.56. The molecule has 1 aromatic carbocycles. The molecule has 3 nitrogen and oxygen atoms in total. The first kappa shape index (κ1) is 11.6. The molecule has 2 atom stereocenters. The predicted molar refractivity (Wildman–Crippen MR) is 69.6 cm³/mol. The second-order valence-corrected chi connectivity index (χ2v) is 5.45. The molecule has 1 aliphatic rings. The van der Waals surface area contributed by atoms with E-state index in [9.17, 15) is 9.18 Å². The van der Waals surface area contributed by atoms with Crippen molar-refractivity contribution in [1.82, 2.24) is 10.3 Å². The number of amides is 1. The van der Waals surface area contributed by atoms with E-state index < -0.39 is 6.17 Å². The van der Waals surface area contributed by atoms with Crippen LogP contribution in [0, 0.1) is 0 Å². The number of alkyl halides is 1. The molecule has 1 N–H and O–H groups in total. The van der Waals surface area contributed by atoms with Crippen LogP contribution >= 0.6 is 11.3 Å². The van der Waals surface area contributed by atoms with E-state index in [0.29, 0.717) is 12.0 Å². The number of fused-ring (bicyclic) bond motifs is 1. The number of hydrogen-bond acceptors (Lipinski definition) is 3. The van der Waals surface area contributed by atoms with Gasteiger partial charge in [-0.05, 0) is 37.5 Å². The molecule has 1 amide bonds. The summed E-state index contributed by atoms with van der Waals surface area (Å²) in [7, 11) is 0. The van der Waals surface area contributed by atoms with Crippen LogP contribution in [0.4, 0.5) is 4.39 Å². The van der Waals surface area contributed by atoms with Crippen LogP contribution in [0.1, 0.15) is 29.6 Å². The number of thiazole rings is 1. The highest BCUT2D eigenvalue weighted by Gasteiger charge is 2.28. The Hall–Kier alpha value is -1.49. The van der Waals surface area contributed by atoms with E-state index in [1.54, 1.807) is 11.6 Å². The SMILES string of the molecule is O=C(NC1CCCC1F)c1ccc2ncsc2c1. The number of benzene rings is 1. The van der Waals surface area contributed by atoms with Crippen molar-refractivity contribution in [3.63, 3.8) is 0 Å². The molecule has 1 saturated carbocycles. The number of halogens is 1. The minimum Gasteiger partial charge on any atom is -0.346 e. The van der Waals surface area contributed by atoms with Gasteiger partial charge in [-0.3, -0.25) is 4.79 Å². The molecule has 0 spiro atoms. The summed E-state index contributed by atoms with van der Waals surface area (Å²) in [5.74, 6) is -0.195. The first-order valence-corrected chi connectivity index (χ1v) is 6.90. The van der Waals surface area contributed by atoms with E-state index in [0.717, 1.165) is 23.1 Å². The summed E-state index contributed by atoms with van der Waals surface area (Å²) in [6.07, 6.45) is 1.23. The topological polar surface area (TPSA) is 42.0 Å². The van der Waals surface area contributed by atoms with Crippen molar-refractivity contribution in [3.8, 4) is 0 Å². The van der Waals surface area contributed by atoms with E-state index in [1.165, 1.54) is 11.3 Å². The van der Waals surface area contributed by atoms with E-state index in [-0.39, 0.29) is 11.9 Å². The average molecular weight is 264 g/mol. The van der Waals surface area contributed by atoms with Crippen LogP contribution in [-0.4, -0.2) is 23.1 Å². The Kier molecular flexibility index (Phi) is 2.99. The number of carbonyl (C=O) groups excluding carboxylic acids is 1.